The molecular weight excluding hydrogens is 236 g/mol. The average Bonchev–Trinajstić information content (AvgIpc) is 2.34. The summed E-state index contributed by atoms with van der Waals surface area (Å²) in [5.74, 6) is 0. The first kappa shape index (κ1) is 13.2. The minimum atomic E-state index is 0.320. The van der Waals surface area contributed by atoms with Gasteiger partial charge in [0.05, 0.1) is 16.3 Å². The third kappa shape index (κ3) is 3.91. The van der Waals surface area contributed by atoms with E-state index < -0.39 is 0 Å². The van der Waals surface area contributed by atoms with E-state index in [1.807, 2.05) is 6.07 Å². The Hall–Kier alpha value is -1.83. The van der Waals surface area contributed by atoms with Gasteiger partial charge in [-0.25, -0.2) is 0 Å². The number of allylic oxidation sites excluding steroid dienone is 1. The van der Waals surface area contributed by atoms with E-state index in [1.54, 1.807) is 30.5 Å². The fraction of sp³-hybridized carbons (Fsp3) is 0.167. The van der Waals surface area contributed by atoms with Gasteiger partial charge in [0.25, 0.3) is 0 Å². The summed E-state index contributed by atoms with van der Waals surface area (Å²) in [5.41, 5.74) is 6.71. The molecule has 0 saturated carbocycles. The van der Waals surface area contributed by atoms with Crippen molar-refractivity contribution < 1.29 is 0 Å². The van der Waals surface area contributed by atoms with Crippen LogP contribution in [0.1, 0.15) is 11.1 Å². The van der Waals surface area contributed by atoms with Crippen LogP contribution in [0.2, 0.25) is 5.02 Å². The molecule has 0 aliphatic rings. The summed E-state index contributed by atoms with van der Waals surface area (Å²) >= 11 is 5.88. The minimum absolute atomic E-state index is 0.320. The molecule has 0 aliphatic heterocycles. The predicted octanol–water partition coefficient (Wildman–Crippen LogP) is 1.64. The Kier molecular flexibility index (Phi) is 5.21. The van der Waals surface area contributed by atoms with Crippen LogP contribution in [0.25, 0.3) is 0 Å². The smallest absolute Gasteiger partial charge is 0.101 e. The molecule has 0 heterocycles. The van der Waals surface area contributed by atoms with Gasteiger partial charge in [-0.05, 0) is 24.4 Å². The number of benzene rings is 1. The Bertz CT molecular complexity index is 474. The van der Waals surface area contributed by atoms with Gasteiger partial charge in [-0.2, -0.15) is 5.26 Å². The molecule has 4 N–H and O–H groups in total. The van der Waals surface area contributed by atoms with Crippen molar-refractivity contribution in [3.63, 3.8) is 0 Å². The van der Waals surface area contributed by atoms with E-state index >= 15 is 0 Å². The first-order chi connectivity index (χ1) is 8.19. The summed E-state index contributed by atoms with van der Waals surface area (Å²) in [4.78, 5) is 0. The van der Waals surface area contributed by atoms with Gasteiger partial charge < -0.3 is 16.5 Å². The third-order valence-corrected chi connectivity index (χ3v) is 2.37. The summed E-state index contributed by atoms with van der Waals surface area (Å²) in [7, 11) is 0. The number of nitrogens with one attached hydrogen (secondary N) is 2. The topological polar surface area (TPSA) is 85.7 Å². The second-order valence-corrected chi connectivity index (χ2v) is 3.70. The number of rotatable bonds is 5. The minimum Gasteiger partial charge on any atom is -0.390 e. The van der Waals surface area contributed by atoms with Gasteiger partial charge in [0.2, 0.25) is 0 Å². The quantitative estimate of drug-likeness (QED) is 0.547. The van der Waals surface area contributed by atoms with Gasteiger partial charge in [0, 0.05) is 18.7 Å². The van der Waals surface area contributed by atoms with Crippen LogP contribution in [0.15, 0.2) is 30.5 Å². The molecule has 1 aromatic rings. The molecule has 0 aliphatic carbocycles. The molecule has 0 amide bonds. The Morgan fingerprint density at radius 1 is 1.59 bits per heavy atom. The number of halogens is 1. The maximum absolute atomic E-state index is 8.72. The first-order valence-electron chi connectivity index (χ1n) is 5.07. The summed E-state index contributed by atoms with van der Waals surface area (Å²) in [6.45, 7) is 1.21. The maximum atomic E-state index is 8.72. The normalized spacial score (nSPS) is 10.2. The predicted molar refractivity (Wildman–Crippen MR) is 69.2 cm³/mol. The van der Waals surface area contributed by atoms with Crippen LogP contribution < -0.4 is 11.1 Å². The number of nitriles is 1. The van der Waals surface area contributed by atoms with E-state index in [0.29, 0.717) is 35.0 Å². The molecule has 0 unspecified atom stereocenters. The molecule has 0 spiro atoms. The highest BCUT2D eigenvalue weighted by Crippen LogP contribution is 2.17. The van der Waals surface area contributed by atoms with Gasteiger partial charge in [-0.15, -0.1) is 0 Å². The summed E-state index contributed by atoms with van der Waals surface area (Å²) in [6.07, 6.45) is 3.29. The zero-order chi connectivity index (χ0) is 12.7. The van der Waals surface area contributed by atoms with E-state index in [9.17, 15) is 0 Å². The van der Waals surface area contributed by atoms with Crippen molar-refractivity contribution in [1.29, 1.82) is 10.7 Å². The van der Waals surface area contributed by atoms with Crippen LogP contribution in [0.3, 0.4) is 0 Å². The fourth-order valence-corrected chi connectivity index (χ4v) is 1.40. The molecule has 1 rings (SSSR count). The SMILES string of the molecule is N#Cc1ccc(C(=N)/C=C\NCCN)cc1Cl. The van der Waals surface area contributed by atoms with Crippen LogP contribution >= 0.6 is 11.6 Å². The van der Waals surface area contributed by atoms with E-state index in [-0.39, 0.29) is 0 Å². The monoisotopic (exact) mass is 248 g/mol. The van der Waals surface area contributed by atoms with Crippen molar-refractivity contribution in [2.45, 2.75) is 0 Å². The number of hydrogen-bond donors (Lipinski definition) is 3. The van der Waals surface area contributed by atoms with Gasteiger partial charge in [0.1, 0.15) is 6.07 Å². The molecule has 5 heteroatoms. The van der Waals surface area contributed by atoms with Crippen LogP contribution in [0, 0.1) is 16.7 Å². The second-order valence-electron chi connectivity index (χ2n) is 3.30. The highest BCUT2D eigenvalue weighted by molar-refractivity contribution is 6.32. The lowest BCUT2D eigenvalue weighted by atomic mass is 10.1. The number of nitrogens with two attached hydrogens (primary N) is 1. The van der Waals surface area contributed by atoms with Crippen LogP contribution in [0.5, 0.6) is 0 Å². The molecule has 1 aromatic carbocycles. The van der Waals surface area contributed by atoms with Gasteiger partial charge in [0.15, 0.2) is 0 Å². The molecular formula is C12H13ClN4. The zero-order valence-electron chi connectivity index (χ0n) is 9.20. The summed E-state index contributed by atoms with van der Waals surface area (Å²) in [6, 6.07) is 6.88. The van der Waals surface area contributed by atoms with Crippen molar-refractivity contribution >= 4 is 17.3 Å². The van der Waals surface area contributed by atoms with Crippen molar-refractivity contribution in [2.75, 3.05) is 13.1 Å². The van der Waals surface area contributed by atoms with Crippen molar-refractivity contribution in [2.24, 2.45) is 5.73 Å². The molecule has 88 valence electrons. The van der Waals surface area contributed by atoms with E-state index in [4.69, 9.17) is 28.0 Å². The number of hydrogen-bond acceptors (Lipinski definition) is 4. The molecule has 0 atom stereocenters. The van der Waals surface area contributed by atoms with E-state index in [2.05, 4.69) is 5.32 Å². The lowest BCUT2D eigenvalue weighted by molar-refractivity contribution is 0.843. The Morgan fingerprint density at radius 2 is 2.35 bits per heavy atom. The van der Waals surface area contributed by atoms with Crippen LogP contribution in [-0.2, 0) is 0 Å². The Balaban J connectivity index is 2.74. The molecule has 0 bridgehead atoms. The highest BCUT2D eigenvalue weighted by atomic mass is 35.5. The molecule has 17 heavy (non-hydrogen) atoms. The molecule has 0 radical (unpaired) electrons. The third-order valence-electron chi connectivity index (χ3n) is 2.06. The standard InChI is InChI=1S/C12H13ClN4/c13-11-7-9(1-2-10(11)8-15)12(16)3-5-17-6-4-14/h1-3,5,7,16-17H,4,6,14H2/b5-3-,16-12?. The van der Waals surface area contributed by atoms with Crippen molar-refractivity contribution in [3.05, 3.63) is 46.6 Å². The molecule has 0 aromatic heterocycles. The van der Waals surface area contributed by atoms with Gasteiger partial charge in [-0.3, -0.25) is 0 Å². The van der Waals surface area contributed by atoms with Gasteiger partial charge in [-0.1, -0.05) is 17.7 Å². The Morgan fingerprint density at radius 3 is 2.94 bits per heavy atom. The first-order valence-corrected chi connectivity index (χ1v) is 5.45. The Labute approximate surface area is 105 Å². The fourth-order valence-electron chi connectivity index (χ4n) is 1.18. The largest absolute Gasteiger partial charge is 0.390 e. The van der Waals surface area contributed by atoms with E-state index in [1.165, 1.54) is 0 Å². The van der Waals surface area contributed by atoms with Crippen LogP contribution in [0.4, 0.5) is 0 Å². The van der Waals surface area contributed by atoms with Crippen molar-refractivity contribution in [3.8, 4) is 6.07 Å². The highest BCUT2D eigenvalue weighted by Gasteiger charge is 2.03. The molecule has 4 nitrogen and oxygen atoms in total. The molecule has 0 fully saturated rings. The zero-order valence-corrected chi connectivity index (χ0v) is 9.96. The average molecular weight is 249 g/mol. The summed E-state index contributed by atoms with van der Waals surface area (Å²) in [5, 5.41) is 19.8. The second kappa shape index (κ2) is 6.69. The van der Waals surface area contributed by atoms with E-state index in [0.717, 1.165) is 0 Å². The van der Waals surface area contributed by atoms with Gasteiger partial charge >= 0.3 is 0 Å². The molecule has 0 saturated heterocycles. The van der Waals surface area contributed by atoms with Crippen LogP contribution in [-0.4, -0.2) is 18.8 Å². The maximum Gasteiger partial charge on any atom is 0.101 e. The van der Waals surface area contributed by atoms with Crippen molar-refractivity contribution in [1.82, 2.24) is 5.32 Å². The lowest BCUT2D eigenvalue weighted by Crippen LogP contribution is -2.17. The number of nitrogens with zero attached hydrogens (tertiary/aromatic N) is 1. The summed E-state index contributed by atoms with van der Waals surface area (Å²) < 4.78 is 0. The lowest BCUT2D eigenvalue weighted by Gasteiger charge is -2.01.